The minimum atomic E-state index is -0.867. The third kappa shape index (κ3) is 4.92. The number of aryl methyl sites for hydroxylation is 2. The summed E-state index contributed by atoms with van der Waals surface area (Å²) in [4.78, 5) is 23.4. The van der Waals surface area contributed by atoms with Crippen LogP contribution in [0.25, 0.3) is 0 Å². The molecule has 6 heteroatoms. The summed E-state index contributed by atoms with van der Waals surface area (Å²) in [5.74, 6) is -1.06. The van der Waals surface area contributed by atoms with Crippen LogP contribution in [0.4, 0.5) is 0 Å². The van der Waals surface area contributed by atoms with Crippen LogP contribution in [0.5, 0.6) is 0 Å². The highest BCUT2D eigenvalue weighted by molar-refractivity contribution is 5.94. The molecule has 1 aromatic carbocycles. The van der Waals surface area contributed by atoms with Crippen LogP contribution in [0, 0.1) is 19.3 Å². The van der Waals surface area contributed by atoms with E-state index in [1.165, 1.54) is 0 Å². The molecule has 1 heterocycles. The summed E-state index contributed by atoms with van der Waals surface area (Å²) in [6, 6.07) is 9.41. The van der Waals surface area contributed by atoms with Gasteiger partial charge in [0, 0.05) is 17.8 Å². The van der Waals surface area contributed by atoms with Gasteiger partial charge in [0.2, 0.25) is 0 Å². The van der Waals surface area contributed by atoms with Gasteiger partial charge in [-0.15, -0.1) is 0 Å². The first-order valence-corrected chi connectivity index (χ1v) is 8.30. The number of nitrogens with one attached hydrogen (secondary N) is 1. The minimum Gasteiger partial charge on any atom is -0.481 e. The molecule has 0 unspecified atom stereocenters. The van der Waals surface area contributed by atoms with E-state index in [0.29, 0.717) is 25.1 Å². The molecule has 1 aromatic heterocycles. The molecule has 0 saturated heterocycles. The first-order valence-electron chi connectivity index (χ1n) is 8.30. The van der Waals surface area contributed by atoms with Gasteiger partial charge in [-0.1, -0.05) is 12.1 Å². The van der Waals surface area contributed by atoms with Gasteiger partial charge >= 0.3 is 5.97 Å². The average molecular weight is 343 g/mol. The van der Waals surface area contributed by atoms with Crippen LogP contribution in [-0.2, 0) is 11.3 Å². The van der Waals surface area contributed by atoms with E-state index in [1.54, 1.807) is 19.9 Å². The number of amides is 1. The predicted octanol–water partition coefficient (Wildman–Crippen LogP) is 2.78. The number of carboxylic acid groups (broad SMARTS) is 1. The van der Waals surface area contributed by atoms with E-state index < -0.39 is 11.4 Å². The van der Waals surface area contributed by atoms with E-state index in [-0.39, 0.29) is 5.91 Å². The molecule has 6 nitrogen and oxygen atoms in total. The van der Waals surface area contributed by atoms with Crippen molar-refractivity contribution in [2.75, 3.05) is 6.54 Å². The van der Waals surface area contributed by atoms with Crippen LogP contribution in [0.2, 0.25) is 0 Å². The fraction of sp³-hybridized carbons (Fsp3) is 0.421. The minimum absolute atomic E-state index is 0.198. The Morgan fingerprint density at radius 1 is 1.24 bits per heavy atom. The zero-order chi connectivity index (χ0) is 18.6. The molecule has 2 aromatic rings. The smallest absolute Gasteiger partial charge is 0.309 e. The fourth-order valence-electron chi connectivity index (χ4n) is 2.52. The maximum Gasteiger partial charge on any atom is 0.309 e. The van der Waals surface area contributed by atoms with Crippen LogP contribution in [0.1, 0.15) is 47.6 Å². The second kappa shape index (κ2) is 7.51. The molecule has 0 saturated carbocycles. The van der Waals surface area contributed by atoms with Gasteiger partial charge in [-0.05, 0) is 57.9 Å². The summed E-state index contributed by atoms with van der Waals surface area (Å²) in [7, 11) is 0. The van der Waals surface area contributed by atoms with Crippen molar-refractivity contribution < 1.29 is 14.7 Å². The van der Waals surface area contributed by atoms with E-state index in [1.807, 2.05) is 42.8 Å². The Morgan fingerprint density at radius 3 is 2.56 bits per heavy atom. The number of carbonyl (C=O) groups is 2. The molecule has 0 fully saturated rings. The quantitative estimate of drug-likeness (QED) is 0.809. The Balaban J connectivity index is 1.99. The molecular formula is C19H25N3O3. The van der Waals surface area contributed by atoms with Crippen molar-refractivity contribution in [2.24, 2.45) is 5.41 Å². The molecule has 0 atom stereocenters. The lowest BCUT2D eigenvalue weighted by Gasteiger charge is -2.19. The number of hydrogen-bond acceptors (Lipinski definition) is 3. The van der Waals surface area contributed by atoms with Crippen molar-refractivity contribution >= 4 is 11.9 Å². The second-order valence-electron chi connectivity index (χ2n) is 6.98. The zero-order valence-electron chi connectivity index (χ0n) is 15.2. The van der Waals surface area contributed by atoms with Crippen molar-refractivity contribution in [1.82, 2.24) is 15.1 Å². The van der Waals surface area contributed by atoms with Gasteiger partial charge in [0.05, 0.1) is 17.7 Å². The third-order valence-corrected chi connectivity index (χ3v) is 4.24. The molecule has 2 N–H and O–H groups in total. The van der Waals surface area contributed by atoms with Gasteiger partial charge in [0.15, 0.2) is 0 Å². The number of carbonyl (C=O) groups excluding carboxylic acids is 1. The Bertz CT molecular complexity index is 778. The molecule has 25 heavy (non-hydrogen) atoms. The van der Waals surface area contributed by atoms with Gasteiger partial charge in [-0.25, -0.2) is 0 Å². The third-order valence-electron chi connectivity index (χ3n) is 4.24. The highest BCUT2D eigenvalue weighted by Gasteiger charge is 2.26. The first kappa shape index (κ1) is 18.7. The molecule has 0 aliphatic heterocycles. The lowest BCUT2D eigenvalue weighted by atomic mass is 9.90. The van der Waals surface area contributed by atoms with E-state index in [9.17, 15) is 9.59 Å². The van der Waals surface area contributed by atoms with Crippen molar-refractivity contribution in [2.45, 2.75) is 40.7 Å². The topological polar surface area (TPSA) is 84.2 Å². The molecule has 0 spiro atoms. The number of aliphatic carboxylic acids is 1. The molecule has 1 amide bonds. The van der Waals surface area contributed by atoms with Crippen LogP contribution in [-0.4, -0.2) is 33.3 Å². The van der Waals surface area contributed by atoms with E-state index >= 15 is 0 Å². The van der Waals surface area contributed by atoms with Crippen molar-refractivity contribution in [3.05, 3.63) is 52.8 Å². The molecule has 0 bridgehead atoms. The summed E-state index contributed by atoms with van der Waals surface area (Å²) in [5, 5.41) is 16.3. The Kier molecular flexibility index (Phi) is 5.62. The monoisotopic (exact) mass is 343 g/mol. The Hall–Kier alpha value is -2.63. The summed E-state index contributed by atoms with van der Waals surface area (Å²) >= 11 is 0. The zero-order valence-corrected chi connectivity index (χ0v) is 15.2. The molecule has 2 rings (SSSR count). The average Bonchev–Trinajstić information content (AvgIpc) is 2.84. The molecule has 0 radical (unpaired) electrons. The summed E-state index contributed by atoms with van der Waals surface area (Å²) in [6.07, 6.45) is 0.375. The standard InChI is InChI=1S/C19H25N3O3/c1-13-10-14(2)22(21-13)12-15-6-5-7-16(11-15)17(23)20-9-8-19(3,4)18(24)25/h5-7,10-11H,8-9,12H2,1-4H3,(H,20,23)(H,24,25). The maximum atomic E-state index is 12.3. The van der Waals surface area contributed by atoms with Crippen LogP contribution >= 0.6 is 0 Å². The summed E-state index contributed by atoms with van der Waals surface area (Å²) < 4.78 is 1.90. The molecule has 0 aliphatic rings. The van der Waals surface area contributed by atoms with Crippen molar-refractivity contribution in [1.29, 1.82) is 0 Å². The number of benzene rings is 1. The number of rotatable bonds is 7. The van der Waals surface area contributed by atoms with E-state index in [2.05, 4.69) is 10.4 Å². The van der Waals surface area contributed by atoms with E-state index in [4.69, 9.17) is 5.11 Å². The highest BCUT2D eigenvalue weighted by atomic mass is 16.4. The van der Waals surface area contributed by atoms with Crippen LogP contribution in [0.15, 0.2) is 30.3 Å². The number of nitrogens with zero attached hydrogens (tertiary/aromatic N) is 2. The lowest BCUT2D eigenvalue weighted by Crippen LogP contribution is -2.32. The number of aromatic nitrogens is 2. The molecule has 134 valence electrons. The van der Waals surface area contributed by atoms with E-state index in [0.717, 1.165) is 17.0 Å². The Morgan fingerprint density at radius 2 is 1.96 bits per heavy atom. The van der Waals surface area contributed by atoms with Crippen LogP contribution in [0.3, 0.4) is 0 Å². The highest BCUT2D eigenvalue weighted by Crippen LogP contribution is 2.19. The largest absolute Gasteiger partial charge is 0.481 e. The normalized spacial score (nSPS) is 11.4. The first-order chi connectivity index (χ1) is 11.7. The van der Waals surface area contributed by atoms with Crippen LogP contribution < -0.4 is 5.32 Å². The van der Waals surface area contributed by atoms with Gasteiger partial charge in [0.25, 0.3) is 5.91 Å². The number of carboxylic acids is 1. The van der Waals surface area contributed by atoms with Gasteiger partial charge < -0.3 is 10.4 Å². The van der Waals surface area contributed by atoms with Gasteiger partial charge in [-0.2, -0.15) is 5.10 Å². The predicted molar refractivity (Wildman–Crippen MR) is 95.6 cm³/mol. The fourth-order valence-corrected chi connectivity index (χ4v) is 2.52. The van der Waals surface area contributed by atoms with Gasteiger partial charge in [-0.3, -0.25) is 14.3 Å². The molecule has 0 aliphatic carbocycles. The SMILES string of the molecule is Cc1cc(C)n(Cc2cccc(C(=O)NCCC(C)(C)C(=O)O)c2)n1. The maximum absolute atomic E-state index is 12.3. The van der Waals surface area contributed by atoms with Crippen molar-refractivity contribution in [3.63, 3.8) is 0 Å². The van der Waals surface area contributed by atoms with Gasteiger partial charge in [0.1, 0.15) is 0 Å². The molecular weight excluding hydrogens is 318 g/mol. The number of hydrogen-bond donors (Lipinski definition) is 2. The Labute approximate surface area is 147 Å². The lowest BCUT2D eigenvalue weighted by molar-refractivity contribution is -0.147. The second-order valence-corrected chi connectivity index (χ2v) is 6.98. The summed E-state index contributed by atoms with van der Waals surface area (Å²) in [6.45, 7) is 8.17. The van der Waals surface area contributed by atoms with Crippen molar-refractivity contribution in [3.8, 4) is 0 Å². The summed E-state index contributed by atoms with van der Waals surface area (Å²) in [5.41, 5.74) is 2.73.